The van der Waals surface area contributed by atoms with Crippen molar-refractivity contribution in [1.29, 1.82) is 0 Å². The molecule has 1 amide bonds. The Labute approximate surface area is 81.4 Å². The van der Waals surface area contributed by atoms with Crippen molar-refractivity contribution < 1.29 is 9.18 Å². The van der Waals surface area contributed by atoms with E-state index in [9.17, 15) is 9.18 Å². The molecule has 0 saturated heterocycles. The molecule has 0 unspecified atom stereocenters. The number of amides is 1. The van der Waals surface area contributed by atoms with E-state index in [-0.39, 0.29) is 11.7 Å². The van der Waals surface area contributed by atoms with Crippen molar-refractivity contribution in [3.05, 3.63) is 41.2 Å². The van der Waals surface area contributed by atoms with E-state index >= 15 is 0 Å². The molecule has 1 aliphatic rings. The zero-order valence-electron chi connectivity index (χ0n) is 7.80. The van der Waals surface area contributed by atoms with Crippen molar-refractivity contribution >= 4 is 11.6 Å². The second-order valence-corrected chi connectivity index (χ2v) is 3.36. The number of rotatable bonds is 1. The lowest BCUT2D eigenvalue weighted by molar-refractivity contribution is -0.118. The standard InChI is InChI=1S/C11H10FNO/c1-7-6-10(14)13-11(7)8-4-2-3-5-9(8)12/h2-5H,6H2,1H3,(H,13,14). The van der Waals surface area contributed by atoms with Gasteiger partial charge in [-0.3, -0.25) is 4.79 Å². The summed E-state index contributed by atoms with van der Waals surface area (Å²) in [6.07, 6.45) is 0.365. The highest BCUT2D eigenvalue weighted by atomic mass is 19.1. The van der Waals surface area contributed by atoms with Gasteiger partial charge in [-0.05, 0) is 24.6 Å². The van der Waals surface area contributed by atoms with Gasteiger partial charge in [0.15, 0.2) is 0 Å². The summed E-state index contributed by atoms with van der Waals surface area (Å²) in [5, 5.41) is 2.66. The molecule has 1 aliphatic heterocycles. The average Bonchev–Trinajstić information content (AvgIpc) is 2.46. The van der Waals surface area contributed by atoms with Gasteiger partial charge in [-0.25, -0.2) is 4.39 Å². The van der Waals surface area contributed by atoms with E-state index in [1.807, 2.05) is 6.92 Å². The van der Waals surface area contributed by atoms with Crippen LogP contribution in [0.4, 0.5) is 4.39 Å². The molecule has 2 nitrogen and oxygen atoms in total. The second-order valence-electron chi connectivity index (χ2n) is 3.36. The highest BCUT2D eigenvalue weighted by molar-refractivity contribution is 5.95. The van der Waals surface area contributed by atoms with Crippen LogP contribution < -0.4 is 5.32 Å². The smallest absolute Gasteiger partial charge is 0.228 e. The van der Waals surface area contributed by atoms with Crippen LogP contribution in [0, 0.1) is 5.82 Å². The molecule has 1 N–H and O–H groups in total. The quantitative estimate of drug-likeness (QED) is 0.723. The van der Waals surface area contributed by atoms with Crippen molar-refractivity contribution in [2.24, 2.45) is 0 Å². The molecule has 0 spiro atoms. The lowest BCUT2D eigenvalue weighted by atomic mass is 10.1. The molecule has 0 atom stereocenters. The van der Waals surface area contributed by atoms with Crippen LogP contribution in [0.5, 0.6) is 0 Å². The molecule has 72 valence electrons. The zero-order valence-corrected chi connectivity index (χ0v) is 7.80. The second kappa shape index (κ2) is 3.25. The molecule has 0 aliphatic carbocycles. The molecule has 0 bridgehead atoms. The highest BCUT2D eigenvalue weighted by Crippen LogP contribution is 2.25. The summed E-state index contributed by atoms with van der Waals surface area (Å²) in [5.74, 6) is -0.371. The lowest BCUT2D eigenvalue weighted by Crippen LogP contribution is -2.14. The van der Waals surface area contributed by atoms with Gasteiger partial charge in [0, 0.05) is 12.0 Å². The van der Waals surface area contributed by atoms with Crippen LogP contribution in [-0.4, -0.2) is 5.91 Å². The van der Waals surface area contributed by atoms with Gasteiger partial charge >= 0.3 is 0 Å². The summed E-state index contributed by atoms with van der Waals surface area (Å²) < 4.78 is 13.4. The molecule has 1 aromatic carbocycles. The first kappa shape index (κ1) is 8.94. The normalized spacial score (nSPS) is 16.0. The Morgan fingerprint density at radius 2 is 2.07 bits per heavy atom. The Morgan fingerprint density at radius 3 is 2.64 bits per heavy atom. The Morgan fingerprint density at radius 1 is 1.36 bits per heavy atom. The predicted octanol–water partition coefficient (Wildman–Crippen LogP) is 2.08. The fraction of sp³-hybridized carbons (Fsp3) is 0.182. The van der Waals surface area contributed by atoms with Crippen molar-refractivity contribution in [3.8, 4) is 0 Å². The van der Waals surface area contributed by atoms with Gasteiger partial charge in [-0.1, -0.05) is 12.1 Å². The lowest BCUT2D eigenvalue weighted by Gasteiger charge is -2.05. The average molecular weight is 191 g/mol. The summed E-state index contributed by atoms with van der Waals surface area (Å²) in [6, 6.07) is 6.44. The van der Waals surface area contributed by atoms with Crippen LogP contribution in [0.1, 0.15) is 18.9 Å². The minimum Gasteiger partial charge on any atom is -0.325 e. The fourth-order valence-electron chi connectivity index (χ4n) is 1.58. The molecule has 0 radical (unpaired) electrons. The molecule has 3 heteroatoms. The van der Waals surface area contributed by atoms with Crippen molar-refractivity contribution in [2.75, 3.05) is 0 Å². The van der Waals surface area contributed by atoms with Crippen LogP contribution in [0.15, 0.2) is 29.8 Å². The number of nitrogens with one attached hydrogen (secondary N) is 1. The molecular weight excluding hydrogens is 181 g/mol. The zero-order chi connectivity index (χ0) is 10.1. The molecule has 0 aromatic heterocycles. The first-order chi connectivity index (χ1) is 6.68. The minimum absolute atomic E-state index is 0.0687. The van der Waals surface area contributed by atoms with E-state index in [1.165, 1.54) is 6.07 Å². The van der Waals surface area contributed by atoms with E-state index in [0.717, 1.165) is 5.57 Å². The number of halogens is 1. The molecule has 1 heterocycles. The summed E-state index contributed by atoms with van der Waals surface area (Å²) in [7, 11) is 0. The third kappa shape index (κ3) is 1.41. The van der Waals surface area contributed by atoms with E-state index in [2.05, 4.69) is 5.32 Å². The highest BCUT2D eigenvalue weighted by Gasteiger charge is 2.20. The number of hydrogen-bond donors (Lipinski definition) is 1. The Kier molecular flexibility index (Phi) is 2.08. The van der Waals surface area contributed by atoms with Crippen molar-refractivity contribution in [3.63, 3.8) is 0 Å². The third-order valence-corrected chi connectivity index (χ3v) is 2.26. The maximum absolute atomic E-state index is 13.4. The predicted molar refractivity (Wildman–Crippen MR) is 51.8 cm³/mol. The summed E-state index contributed by atoms with van der Waals surface area (Å²) >= 11 is 0. The minimum atomic E-state index is -0.302. The summed E-state index contributed by atoms with van der Waals surface area (Å²) in [6.45, 7) is 1.83. The SMILES string of the molecule is CC1=C(c2ccccc2F)NC(=O)C1. The molecule has 1 aromatic rings. The molecule has 0 fully saturated rings. The van der Waals surface area contributed by atoms with Gasteiger partial charge in [0.05, 0.1) is 5.70 Å². The van der Waals surface area contributed by atoms with E-state index in [4.69, 9.17) is 0 Å². The van der Waals surface area contributed by atoms with Gasteiger partial charge in [0.25, 0.3) is 0 Å². The van der Waals surface area contributed by atoms with Gasteiger partial charge in [-0.15, -0.1) is 0 Å². The maximum Gasteiger partial charge on any atom is 0.228 e. The number of carbonyl (C=O) groups is 1. The monoisotopic (exact) mass is 191 g/mol. The third-order valence-electron chi connectivity index (χ3n) is 2.26. The molecular formula is C11H10FNO. The first-order valence-electron chi connectivity index (χ1n) is 4.43. The van der Waals surface area contributed by atoms with Gasteiger partial charge in [-0.2, -0.15) is 0 Å². The van der Waals surface area contributed by atoms with Crippen LogP contribution in [-0.2, 0) is 4.79 Å². The Bertz CT molecular complexity index is 423. The molecule has 2 rings (SSSR count). The van der Waals surface area contributed by atoms with E-state index in [0.29, 0.717) is 17.7 Å². The van der Waals surface area contributed by atoms with Crippen LogP contribution in [0.2, 0.25) is 0 Å². The van der Waals surface area contributed by atoms with Crippen LogP contribution in [0.3, 0.4) is 0 Å². The first-order valence-corrected chi connectivity index (χ1v) is 4.43. The number of carbonyl (C=O) groups excluding carboxylic acids is 1. The van der Waals surface area contributed by atoms with E-state index in [1.54, 1.807) is 18.2 Å². The van der Waals surface area contributed by atoms with Crippen LogP contribution >= 0.6 is 0 Å². The van der Waals surface area contributed by atoms with Crippen molar-refractivity contribution in [2.45, 2.75) is 13.3 Å². The van der Waals surface area contributed by atoms with Crippen LogP contribution in [0.25, 0.3) is 5.70 Å². The number of hydrogen-bond acceptors (Lipinski definition) is 1. The summed E-state index contributed by atoms with van der Waals surface area (Å²) in [5.41, 5.74) is 1.98. The molecule has 14 heavy (non-hydrogen) atoms. The largest absolute Gasteiger partial charge is 0.325 e. The summed E-state index contributed by atoms with van der Waals surface area (Å²) in [4.78, 5) is 11.1. The fourth-order valence-corrected chi connectivity index (χ4v) is 1.58. The van der Waals surface area contributed by atoms with E-state index < -0.39 is 0 Å². The van der Waals surface area contributed by atoms with Gasteiger partial charge in [0.2, 0.25) is 5.91 Å². The Hall–Kier alpha value is -1.64. The van der Waals surface area contributed by atoms with Gasteiger partial charge in [0.1, 0.15) is 5.82 Å². The number of benzene rings is 1. The topological polar surface area (TPSA) is 29.1 Å². The van der Waals surface area contributed by atoms with Gasteiger partial charge < -0.3 is 5.32 Å². The maximum atomic E-state index is 13.4. The van der Waals surface area contributed by atoms with Crippen molar-refractivity contribution in [1.82, 2.24) is 5.32 Å². The molecule has 0 saturated carbocycles. The Balaban J connectivity index is 2.46.